The molecule has 1 saturated heterocycles. The number of fused-ring (bicyclic) bond motifs is 1. The molecular formula is C22H28N8O2. The van der Waals surface area contributed by atoms with Gasteiger partial charge in [0.1, 0.15) is 17.8 Å². The van der Waals surface area contributed by atoms with Crippen LogP contribution in [0.3, 0.4) is 0 Å². The summed E-state index contributed by atoms with van der Waals surface area (Å²) < 4.78 is 0. The fourth-order valence-electron chi connectivity index (χ4n) is 3.86. The summed E-state index contributed by atoms with van der Waals surface area (Å²) in [5.41, 5.74) is 3.27. The first kappa shape index (κ1) is 21.4. The van der Waals surface area contributed by atoms with Crippen molar-refractivity contribution in [3.63, 3.8) is 0 Å². The second-order valence-electron chi connectivity index (χ2n) is 8.21. The lowest BCUT2D eigenvalue weighted by Crippen LogP contribution is -2.55. The number of hydrogen-bond acceptors (Lipinski definition) is 5. The van der Waals surface area contributed by atoms with Crippen molar-refractivity contribution in [2.24, 2.45) is 0 Å². The summed E-state index contributed by atoms with van der Waals surface area (Å²) in [6.07, 6.45) is 3.51. The lowest BCUT2D eigenvalue weighted by atomic mass is 10.1. The number of urea groups is 2. The Bertz CT molecular complexity index is 1120. The Labute approximate surface area is 186 Å². The predicted octanol–water partition coefficient (Wildman–Crippen LogP) is 3.10. The first-order valence-corrected chi connectivity index (χ1v) is 10.5. The number of rotatable bonds is 3. The number of benzene rings is 1. The number of aromatic nitrogens is 3. The zero-order valence-electron chi connectivity index (χ0n) is 18.7. The van der Waals surface area contributed by atoms with Gasteiger partial charge < -0.3 is 30.3 Å². The van der Waals surface area contributed by atoms with E-state index in [4.69, 9.17) is 0 Å². The summed E-state index contributed by atoms with van der Waals surface area (Å²) in [7, 11) is 3.36. The number of H-pyrrole nitrogens is 1. The summed E-state index contributed by atoms with van der Waals surface area (Å²) in [5, 5.41) is 6.75. The average Bonchev–Trinajstić information content (AvgIpc) is 3.16. The van der Waals surface area contributed by atoms with Gasteiger partial charge in [-0.15, -0.1) is 0 Å². The summed E-state index contributed by atoms with van der Waals surface area (Å²) in [6, 6.07) is 6.73. The maximum absolute atomic E-state index is 12.9. The van der Waals surface area contributed by atoms with Gasteiger partial charge in [-0.1, -0.05) is 0 Å². The van der Waals surface area contributed by atoms with Crippen LogP contribution >= 0.6 is 0 Å². The standard InChI is InChI=1S/C22H28N8O2/c1-14-11-23-19-18(14)20(25-13-24-19)29-9-10-30(15(2)12-29)22(32)27-17-7-5-16(6-8-17)26-21(31)28(3)4/h5-8,11,13,15H,9-10,12H2,1-4H3,(H,26,31)(H,27,32)(H,23,24,25)/t15-/m0/s1. The van der Waals surface area contributed by atoms with E-state index in [1.807, 2.05) is 24.9 Å². The van der Waals surface area contributed by atoms with E-state index >= 15 is 0 Å². The first-order chi connectivity index (χ1) is 15.3. The van der Waals surface area contributed by atoms with Gasteiger partial charge in [0, 0.05) is 57.3 Å². The summed E-state index contributed by atoms with van der Waals surface area (Å²) in [5.74, 6) is 0.899. The molecule has 4 amide bonds. The molecule has 3 N–H and O–H groups in total. The van der Waals surface area contributed by atoms with Crippen LogP contribution in [0.4, 0.5) is 26.8 Å². The van der Waals surface area contributed by atoms with Crippen molar-refractivity contribution in [3.8, 4) is 0 Å². The Hall–Kier alpha value is -3.82. The highest BCUT2D eigenvalue weighted by atomic mass is 16.2. The van der Waals surface area contributed by atoms with Gasteiger partial charge >= 0.3 is 12.1 Å². The van der Waals surface area contributed by atoms with Crippen LogP contribution < -0.4 is 15.5 Å². The Morgan fingerprint density at radius 1 is 1.09 bits per heavy atom. The highest BCUT2D eigenvalue weighted by Crippen LogP contribution is 2.27. The fraction of sp³-hybridized carbons (Fsp3) is 0.364. The van der Waals surface area contributed by atoms with Crippen molar-refractivity contribution < 1.29 is 9.59 Å². The molecule has 0 bridgehead atoms. The van der Waals surface area contributed by atoms with E-state index in [0.717, 1.165) is 22.4 Å². The number of aromatic amines is 1. The van der Waals surface area contributed by atoms with Gasteiger partial charge in [0.2, 0.25) is 0 Å². The molecule has 1 atom stereocenters. The molecule has 0 radical (unpaired) electrons. The van der Waals surface area contributed by atoms with Gasteiger partial charge in [-0.05, 0) is 43.7 Å². The molecule has 0 unspecified atom stereocenters. The van der Waals surface area contributed by atoms with Gasteiger partial charge in [0.15, 0.2) is 0 Å². The molecule has 10 heteroatoms. The zero-order chi connectivity index (χ0) is 22.8. The van der Waals surface area contributed by atoms with Crippen LogP contribution in [-0.4, -0.2) is 76.6 Å². The van der Waals surface area contributed by atoms with Crippen molar-refractivity contribution in [1.82, 2.24) is 24.8 Å². The van der Waals surface area contributed by atoms with Gasteiger partial charge in [-0.3, -0.25) is 0 Å². The van der Waals surface area contributed by atoms with Crippen LogP contribution in [0, 0.1) is 6.92 Å². The number of nitrogens with one attached hydrogen (secondary N) is 3. The minimum absolute atomic E-state index is 0.00617. The summed E-state index contributed by atoms with van der Waals surface area (Å²) >= 11 is 0. The van der Waals surface area contributed by atoms with Crippen molar-refractivity contribution in [3.05, 3.63) is 42.4 Å². The number of carbonyl (C=O) groups is 2. The third kappa shape index (κ3) is 4.29. The largest absolute Gasteiger partial charge is 0.352 e. The van der Waals surface area contributed by atoms with Crippen molar-refractivity contribution >= 4 is 40.3 Å². The van der Waals surface area contributed by atoms with Crippen molar-refractivity contribution in [1.29, 1.82) is 0 Å². The SMILES string of the molecule is Cc1c[nH]c2ncnc(N3CCN(C(=O)Nc4ccc(NC(=O)N(C)C)cc4)[C@@H](C)C3)c12. The normalized spacial score (nSPS) is 16.2. The number of amides is 4. The highest BCUT2D eigenvalue weighted by Gasteiger charge is 2.29. The maximum atomic E-state index is 12.9. The third-order valence-corrected chi connectivity index (χ3v) is 5.63. The van der Waals surface area contributed by atoms with E-state index in [-0.39, 0.29) is 18.1 Å². The molecule has 4 rings (SSSR count). The zero-order valence-corrected chi connectivity index (χ0v) is 18.7. The third-order valence-electron chi connectivity index (χ3n) is 5.63. The second kappa shape index (κ2) is 8.74. The topological polar surface area (TPSA) is 109 Å². The number of aryl methyl sites for hydroxylation is 1. The molecule has 10 nitrogen and oxygen atoms in total. The van der Waals surface area contributed by atoms with Crippen LogP contribution in [0.15, 0.2) is 36.8 Å². The van der Waals surface area contributed by atoms with E-state index in [0.29, 0.717) is 31.0 Å². The van der Waals surface area contributed by atoms with E-state index in [1.54, 1.807) is 44.7 Å². The Morgan fingerprint density at radius 3 is 2.44 bits per heavy atom. The molecule has 3 aromatic rings. The Balaban J connectivity index is 1.39. The molecule has 1 fully saturated rings. The van der Waals surface area contributed by atoms with Crippen LogP contribution in [0.5, 0.6) is 0 Å². The molecule has 0 saturated carbocycles. The smallest absolute Gasteiger partial charge is 0.322 e. The van der Waals surface area contributed by atoms with Crippen LogP contribution in [-0.2, 0) is 0 Å². The molecule has 168 valence electrons. The van der Waals surface area contributed by atoms with E-state index < -0.39 is 0 Å². The molecule has 1 aliphatic rings. The average molecular weight is 437 g/mol. The first-order valence-electron chi connectivity index (χ1n) is 10.5. The van der Waals surface area contributed by atoms with E-state index in [1.165, 1.54) is 4.90 Å². The molecule has 0 spiro atoms. The molecular weight excluding hydrogens is 408 g/mol. The van der Waals surface area contributed by atoms with Crippen molar-refractivity contribution in [2.45, 2.75) is 19.9 Å². The van der Waals surface area contributed by atoms with Crippen LogP contribution in [0.25, 0.3) is 11.0 Å². The van der Waals surface area contributed by atoms with Gasteiger partial charge in [-0.25, -0.2) is 19.6 Å². The molecule has 1 aromatic carbocycles. The maximum Gasteiger partial charge on any atom is 0.322 e. The summed E-state index contributed by atoms with van der Waals surface area (Å²) in [6.45, 7) is 6.02. The van der Waals surface area contributed by atoms with Crippen molar-refractivity contribution in [2.75, 3.05) is 49.3 Å². The fourth-order valence-corrected chi connectivity index (χ4v) is 3.86. The number of hydrogen-bond donors (Lipinski definition) is 3. The van der Waals surface area contributed by atoms with Gasteiger partial charge in [-0.2, -0.15) is 0 Å². The lowest BCUT2D eigenvalue weighted by Gasteiger charge is -2.40. The van der Waals surface area contributed by atoms with E-state index in [9.17, 15) is 9.59 Å². The molecule has 0 aliphatic carbocycles. The number of anilines is 3. The van der Waals surface area contributed by atoms with Gasteiger partial charge in [0.25, 0.3) is 0 Å². The Kier molecular flexibility index (Phi) is 5.85. The minimum atomic E-state index is -0.204. The molecule has 32 heavy (non-hydrogen) atoms. The molecule has 2 aromatic heterocycles. The minimum Gasteiger partial charge on any atom is -0.352 e. The number of nitrogens with zero attached hydrogens (tertiary/aromatic N) is 5. The van der Waals surface area contributed by atoms with Crippen LogP contribution in [0.2, 0.25) is 0 Å². The lowest BCUT2D eigenvalue weighted by molar-refractivity contribution is 0.184. The van der Waals surface area contributed by atoms with Gasteiger partial charge in [0.05, 0.1) is 5.39 Å². The molecule has 1 aliphatic heterocycles. The van der Waals surface area contributed by atoms with Crippen LogP contribution in [0.1, 0.15) is 12.5 Å². The summed E-state index contributed by atoms with van der Waals surface area (Å²) in [4.78, 5) is 42.1. The second-order valence-corrected chi connectivity index (χ2v) is 8.21. The number of piperazine rings is 1. The highest BCUT2D eigenvalue weighted by molar-refractivity contribution is 5.93. The van der Waals surface area contributed by atoms with E-state index in [2.05, 4.69) is 30.5 Å². The monoisotopic (exact) mass is 436 g/mol. The number of carbonyl (C=O) groups excluding carboxylic acids is 2. The molecule has 3 heterocycles. The predicted molar refractivity (Wildman–Crippen MR) is 125 cm³/mol. The quantitative estimate of drug-likeness (QED) is 0.585. The Morgan fingerprint density at radius 2 is 1.78 bits per heavy atom.